The van der Waals surface area contributed by atoms with Crippen LogP contribution in [-0.2, 0) is 14.8 Å². The molecular weight excluding hydrogens is 276 g/mol. The van der Waals surface area contributed by atoms with E-state index in [9.17, 15) is 13.2 Å². The van der Waals surface area contributed by atoms with Gasteiger partial charge in [-0.1, -0.05) is 11.6 Å². The Labute approximate surface area is 121 Å². The molecule has 0 aromatic rings. The van der Waals surface area contributed by atoms with Crippen LogP contribution in [0.5, 0.6) is 0 Å². The molecule has 0 bridgehead atoms. The Morgan fingerprint density at radius 1 is 1.40 bits per heavy atom. The molecule has 1 atom stereocenters. The molecule has 5 nitrogen and oxygen atoms in total. The summed E-state index contributed by atoms with van der Waals surface area (Å²) in [5, 5.41) is 2.89. The molecule has 0 radical (unpaired) electrons. The Morgan fingerprint density at radius 3 is 2.85 bits per heavy atom. The average molecular weight is 300 g/mol. The zero-order valence-corrected chi connectivity index (χ0v) is 12.9. The summed E-state index contributed by atoms with van der Waals surface area (Å²) in [6, 6.07) is -0.509. The van der Waals surface area contributed by atoms with Crippen molar-refractivity contribution in [3.05, 3.63) is 11.6 Å². The van der Waals surface area contributed by atoms with E-state index < -0.39 is 16.1 Å². The standard InChI is InChI=1S/C14H24N2O3S/c1-20(18,19)16-11-5-8-13(16)14(17)15-10-9-12-6-3-2-4-7-12/h6,13H,2-5,7-11H2,1H3,(H,15,17). The van der Waals surface area contributed by atoms with Gasteiger partial charge in [-0.2, -0.15) is 4.31 Å². The lowest BCUT2D eigenvalue weighted by molar-refractivity contribution is -0.124. The van der Waals surface area contributed by atoms with E-state index in [4.69, 9.17) is 0 Å². The van der Waals surface area contributed by atoms with E-state index in [2.05, 4.69) is 11.4 Å². The van der Waals surface area contributed by atoms with Crippen LogP contribution in [0.15, 0.2) is 11.6 Å². The second-order valence-corrected chi connectivity index (χ2v) is 7.62. The molecule has 1 fully saturated rings. The van der Waals surface area contributed by atoms with Crippen molar-refractivity contribution in [1.82, 2.24) is 9.62 Å². The molecule has 0 spiro atoms. The molecule has 0 saturated carbocycles. The van der Waals surface area contributed by atoms with Crippen LogP contribution in [0.1, 0.15) is 44.9 Å². The molecule has 114 valence electrons. The number of nitrogens with one attached hydrogen (secondary N) is 1. The lowest BCUT2D eigenvalue weighted by Crippen LogP contribution is -2.45. The number of hydrogen-bond acceptors (Lipinski definition) is 3. The minimum Gasteiger partial charge on any atom is -0.354 e. The number of nitrogens with zero attached hydrogens (tertiary/aromatic N) is 1. The van der Waals surface area contributed by atoms with E-state index in [-0.39, 0.29) is 5.91 Å². The van der Waals surface area contributed by atoms with E-state index in [0.29, 0.717) is 19.5 Å². The van der Waals surface area contributed by atoms with E-state index in [1.807, 2.05) is 0 Å². The average Bonchev–Trinajstić information content (AvgIpc) is 2.89. The Morgan fingerprint density at radius 2 is 2.20 bits per heavy atom. The topological polar surface area (TPSA) is 66.5 Å². The van der Waals surface area contributed by atoms with Crippen LogP contribution < -0.4 is 5.32 Å². The largest absolute Gasteiger partial charge is 0.354 e. The van der Waals surface area contributed by atoms with Crippen LogP contribution >= 0.6 is 0 Å². The Balaban J connectivity index is 1.81. The smallest absolute Gasteiger partial charge is 0.238 e. The van der Waals surface area contributed by atoms with Crippen molar-refractivity contribution in [2.24, 2.45) is 0 Å². The molecule has 20 heavy (non-hydrogen) atoms. The molecule has 0 aromatic heterocycles. The zero-order chi connectivity index (χ0) is 14.6. The Hall–Kier alpha value is -0.880. The third-order valence-corrected chi connectivity index (χ3v) is 5.35. The van der Waals surface area contributed by atoms with Crippen LogP contribution in [0.2, 0.25) is 0 Å². The number of rotatable bonds is 5. The maximum Gasteiger partial charge on any atom is 0.238 e. The SMILES string of the molecule is CS(=O)(=O)N1CCCC1C(=O)NCCC1=CCCCC1. The molecular formula is C14H24N2O3S. The van der Waals surface area contributed by atoms with E-state index in [1.165, 1.54) is 29.0 Å². The van der Waals surface area contributed by atoms with Gasteiger partial charge in [0.15, 0.2) is 0 Å². The van der Waals surface area contributed by atoms with Gasteiger partial charge in [-0.25, -0.2) is 8.42 Å². The van der Waals surface area contributed by atoms with Gasteiger partial charge >= 0.3 is 0 Å². The fraction of sp³-hybridized carbons (Fsp3) is 0.786. The molecule has 1 amide bonds. The predicted molar refractivity (Wildman–Crippen MR) is 78.7 cm³/mol. The number of hydrogen-bond donors (Lipinski definition) is 1. The first-order valence-corrected chi connectivity index (χ1v) is 9.26. The van der Waals surface area contributed by atoms with Gasteiger partial charge < -0.3 is 5.32 Å². The van der Waals surface area contributed by atoms with Gasteiger partial charge in [0.1, 0.15) is 6.04 Å². The second kappa shape index (κ2) is 6.72. The van der Waals surface area contributed by atoms with E-state index in [0.717, 1.165) is 25.7 Å². The van der Waals surface area contributed by atoms with Crippen molar-refractivity contribution in [3.63, 3.8) is 0 Å². The van der Waals surface area contributed by atoms with Crippen LogP contribution in [0.3, 0.4) is 0 Å². The molecule has 1 unspecified atom stereocenters. The van der Waals surface area contributed by atoms with Gasteiger partial charge in [-0.05, 0) is 44.9 Å². The van der Waals surface area contributed by atoms with Gasteiger partial charge in [0, 0.05) is 13.1 Å². The minimum atomic E-state index is -3.28. The number of allylic oxidation sites excluding steroid dienone is 1. The molecule has 1 aliphatic heterocycles. The van der Waals surface area contributed by atoms with Crippen LogP contribution in [0.25, 0.3) is 0 Å². The summed E-state index contributed by atoms with van der Waals surface area (Å²) in [5.74, 6) is -0.149. The first-order chi connectivity index (χ1) is 9.48. The summed E-state index contributed by atoms with van der Waals surface area (Å²) in [6.45, 7) is 1.07. The Kier molecular flexibility index (Phi) is 5.21. The first kappa shape index (κ1) is 15.5. The van der Waals surface area contributed by atoms with E-state index in [1.54, 1.807) is 0 Å². The summed E-state index contributed by atoms with van der Waals surface area (Å²) in [7, 11) is -3.28. The minimum absolute atomic E-state index is 0.149. The van der Waals surface area contributed by atoms with Gasteiger partial charge in [0.2, 0.25) is 15.9 Å². The lowest BCUT2D eigenvalue weighted by atomic mass is 9.97. The monoisotopic (exact) mass is 300 g/mol. The molecule has 2 rings (SSSR count). The normalized spacial score (nSPS) is 24.4. The van der Waals surface area contributed by atoms with Crippen LogP contribution in [0, 0.1) is 0 Å². The van der Waals surface area contributed by atoms with Crippen molar-refractivity contribution in [2.75, 3.05) is 19.3 Å². The molecule has 2 aliphatic rings. The van der Waals surface area contributed by atoms with Gasteiger partial charge in [0.05, 0.1) is 6.26 Å². The third-order valence-electron chi connectivity index (χ3n) is 4.06. The second-order valence-electron chi connectivity index (χ2n) is 5.68. The molecule has 1 N–H and O–H groups in total. The van der Waals surface area contributed by atoms with Gasteiger partial charge in [0.25, 0.3) is 0 Å². The summed E-state index contributed by atoms with van der Waals surface area (Å²) in [6.07, 6.45) is 10.5. The number of sulfonamides is 1. The van der Waals surface area contributed by atoms with Crippen molar-refractivity contribution < 1.29 is 13.2 Å². The predicted octanol–water partition coefficient (Wildman–Crippen LogP) is 1.42. The van der Waals surface area contributed by atoms with Gasteiger partial charge in [-0.15, -0.1) is 0 Å². The fourth-order valence-electron chi connectivity index (χ4n) is 2.99. The highest BCUT2D eigenvalue weighted by atomic mass is 32.2. The summed E-state index contributed by atoms with van der Waals surface area (Å²) in [4.78, 5) is 12.1. The number of carbonyl (C=O) groups is 1. The highest BCUT2D eigenvalue weighted by Crippen LogP contribution is 2.21. The van der Waals surface area contributed by atoms with Crippen molar-refractivity contribution in [2.45, 2.75) is 51.0 Å². The molecule has 1 saturated heterocycles. The highest BCUT2D eigenvalue weighted by Gasteiger charge is 2.36. The molecule has 6 heteroatoms. The summed E-state index contributed by atoms with van der Waals surface area (Å²) >= 11 is 0. The van der Waals surface area contributed by atoms with Crippen LogP contribution in [0.4, 0.5) is 0 Å². The maximum absolute atomic E-state index is 12.1. The molecule has 1 heterocycles. The number of amides is 1. The highest BCUT2D eigenvalue weighted by molar-refractivity contribution is 7.88. The molecule has 1 aliphatic carbocycles. The number of carbonyl (C=O) groups excluding carboxylic acids is 1. The zero-order valence-electron chi connectivity index (χ0n) is 12.1. The van der Waals surface area contributed by atoms with Crippen LogP contribution in [-0.4, -0.2) is 44.0 Å². The van der Waals surface area contributed by atoms with Crippen molar-refractivity contribution >= 4 is 15.9 Å². The van der Waals surface area contributed by atoms with Gasteiger partial charge in [-0.3, -0.25) is 4.79 Å². The van der Waals surface area contributed by atoms with E-state index >= 15 is 0 Å². The Bertz CT molecular complexity index is 485. The maximum atomic E-state index is 12.1. The first-order valence-electron chi connectivity index (χ1n) is 7.41. The van der Waals surface area contributed by atoms with Crippen molar-refractivity contribution in [3.8, 4) is 0 Å². The third kappa shape index (κ3) is 4.06. The quantitative estimate of drug-likeness (QED) is 0.781. The summed E-state index contributed by atoms with van der Waals surface area (Å²) < 4.78 is 24.5. The van der Waals surface area contributed by atoms with Crippen molar-refractivity contribution in [1.29, 1.82) is 0 Å². The molecule has 0 aromatic carbocycles. The fourth-order valence-corrected chi connectivity index (χ4v) is 4.12. The summed E-state index contributed by atoms with van der Waals surface area (Å²) in [5.41, 5.74) is 1.42. The lowest BCUT2D eigenvalue weighted by Gasteiger charge is -2.21.